The highest BCUT2D eigenvalue weighted by atomic mass is 16.5. The van der Waals surface area contributed by atoms with Gasteiger partial charge in [-0.05, 0) is 56.1 Å². The highest BCUT2D eigenvalue weighted by Gasteiger charge is 2.23. The maximum atomic E-state index is 12.9. The molecule has 0 aliphatic carbocycles. The van der Waals surface area contributed by atoms with Crippen molar-refractivity contribution in [1.82, 2.24) is 9.80 Å². The predicted octanol–water partition coefficient (Wildman–Crippen LogP) is 3.94. The van der Waals surface area contributed by atoms with Gasteiger partial charge in [-0.15, -0.1) is 0 Å². The van der Waals surface area contributed by atoms with Crippen LogP contribution >= 0.6 is 0 Å². The fraction of sp³-hybridized carbons (Fsp3) is 0.414. The highest BCUT2D eigenvalue weighted by Crippen LogP contribution is 2.31. The third-order valence-electron chi connectivity index (χ3n) is 7.36. The summed E-state index contributed by atoms with van der Waals surface area (Å²) in [6.07, 6.45) is 0. The molecular weight excluding hydrogens is 436 g/mol. The number of piperazine rings is 2. The van der Waals surface area contributed by atoms with Crippen molar-refractivity contribution in [3.05, 3.63) is 65.7 Å². The van der Waals surface area contributed by atoms with Crippen LogP contribution in [0, 0.1) is 13.8 Å². The van der Waals surface area contributed by atoms with Gasteiger partial charge in [0.25, 0.3) is 5.91 Å². The Morgan fingerprint density at radius 2 is 1.51 bits per heavy atom. The zero-order chi connectivity index (χ0) is 24.4. The Hall–Kier alpha value is -3.25. The van der Waals surface area contributed by atoms with Crippen molar-refractivity contribution in [2.45, 2.75) is 13.8 Å². The van der Waals surface area contributed by atoms with Crippen LogP contribution < -0.4 is 14.5 Å². The molecule has 0 spiro atoms. The van der Waals surface area contributed by atoms with Gasteiger partial charge in [-0.1, -0.05) is 35.9 Å². The molecule has 6 heteroatoms. The zero-order valence-corrected chi connectivity index (χ0v) is 21.2. The van der Waals surface area contributed by atoms with Crippen LogP contribution in [-0.4, -0.2) is 81.7 Å². The maximum Gasteiger partial charge on any atom is 0.260 e. The van der Waals surface area contributed by atoms with Crippen molar-refractivity contribution in [1.29, 1.82) is 0 Å². The van der Waals surface area contributed by atoms with Gasteiger partial charge in [0, 0.05) is 69.1 Å². The van der Waals surface area contributed by atoms with Crippen LogP contribution in [0.2, 0.25) is 0 Å². The number of hydrogen-bond acceptors (Lipinski definition) is 5. The van der Waals surface area contributed by atoms with Gasteiger partial charge in [-0.2, -0.15) is 0 Å². The SMILES string of the molecule is Cc1ccc(N2CCN(C(=O)COc3ccc4cccc(N5CCN(C)CC5)c4c3)CC2)c(C)c1. The monoisotopic (exact) mass is 472 g/mol. The Morgan fingerprint density at radius 3 is 2.26 bits per heavy atom. The number of aryl methyl sites for hydroxylation is 2. The molecule has 0 bridgehead atoms. The summed E-state index contributed by atoms with van der Waals surface area (Å²) in [5, 5.41) is 2.38. The van der Waals surface area contributed by atoms with Crippen molar-refractivity contribution < 1.29 is 9.53 Å². The molecule has 3 aromatic carbocycles. The van der Waals surface area contributed by atoms with Crippen LogP contribution in [0.1, 0.15) is 11.1 Å². The first-order valence-electron chi connectivity index (χ1n) is 12.7. The molecule has 2 heterocycles. The fourth-order valence-corrected chi connectivity index (χ4v) is 5.24. The summed E-state index contributed by atoms with van der Waals surface area (Å²) in [6.45, 7) is 11.7. The Balaban J connectivity index is 1.20. The molecule has 2 aliphatic heterocycles. The number of carbonyl (C=O) groups excluding carboxylic acids is 1. The second-order valence-corrected chi connectivity index (χ2v) is 9.90. The minimum Gasteiger partial charge on any atom is -0.484 e. The van der Waals surface area contributed by atoms with Crippen LogP contribution in [0.5, 0.6) is 5.75 Å². The normalized spacial score (nSPS) is 17.2. The van der Waals surface area contributed by atoms with E-state index in [1.165, 1.54) is 33.3 Å². The lowest BCUT2D eigenvalue weighted by molar-refractivity contribution is -0.133. The summed E-state index contributed by atoms with van der Waals surface area (Å²) in [5.41, 5.74) is 5.09. The van der Waals surface area contributed by atoms with Gasteiger partial charge in [0.2, 0.25) is 0 Å². The minimum absolute atomic E-state index is 0.0535. The average Bonchev–Trinajstić information content (AvgIpc) is 2.87. The van der Waals surface area contributed by atoms with Gasteiger partial charge in [0.05, 0.1) is 0 Å². The van der Waals surface area contributed by atoms with Crippen molar-refractivity contribution in [2.75, 3.05) is 75.8 Å². The number of nitrogens with zero attached hydrogens (tertiary/aromatic N) is 4. The van der Waals surface area contributed by atoms with Crippen LogP contribution in [0.15, 0.2) is 54.6 Å². The van der Waals surface area contributed by atoms with Crippen molar-refractivity contribution >= 4 is 28.1 Å². The average molecular weight is 473 g/mol. The largest absolute Gasteiger partial charge is 0.484 e. The van der Waals surface area contributed by atoms with Crippen LogP contribution in [0.25, 0.3) is 10.8 Å². The van der Waals surface area contributed by atoms with Gasteiger partial charge in [-0.25, -0.2) is 0 Å². The lowest BCUT2D eigenvalue weighted by Gasteiger charge is -2.36. The standard InChI is InChI=1S/C29H36N4O2/c1-22-7-10-27(23(2)19-22)31-15-17-33(18-16-31)29(34)21-35-25-9-8-24-5-4-6-28(26(24)20-25)32-13-11-30(3)12-14-32/h4-10,19-20H,11-18,21H2,1-3H3. The second-order valence-electron chi connectivity index (χ2n) is 9.90. The number of rotatable bonds is 5. The molecule has 2 aliphatic rings. The summed E-state index contributed by atoms with van der Waals surface area (Å²) in [7, 11) is 2.17. The number of anilines is 2. The van der Waals surface area contributed by atoms with Crippen LogP contribution in [-0.2, 0) is 4.79 Å². The number of amides is 1. The Bertz CT molecular complexity index is 1190. The summed E-state index contributed by atoms with van der Waals surface area (Å²) in [4.78, 5) is 22.0. The molecule has 0 radical (unpaired) electrons. The molecule has 2 fully saturated rings. The van der Waals surface area contributed by atoms with E-state index in [0.29, 0.717) is 0 Å². The first-order valence-corrected chi connectivity index (χ1v) is 12.7. The first kappa shape index (κ1) is 23.5. The Kier molecular flexibility index (Phi) is 6.82. The molecule has 0 N–H and O–H groups in total. The molecule has 0 aromatic heterocycles. The van der Waals surface area contributed by atoms with Gasteiger partial charge in [-0.3, -0.25) is 4.79 Å². The number of carbonyl (C=O) groups is 1. The van der Waals surface area contributed by atoms with E-state index < -0.39 is 0 Å². The lowest BCUT2D eigenvalue weighted by Crippen LogP contribution is -2.50. The molecule has 35 heavy (non-hydrogen) atoms. The highest BCUT2D eigenvalue weighted by molar-refractivity contribution is 5.95. The van der Waals surface area contributed by atoms with Crippen molar-refractivity contribution in [3.63, 3.8) is 0 Å². The van der Waals surface area contributed by atoms with E-state index in [4.69, 9.17) is 4.74 Å². The van der Waals surface area contributed by atoms with E-state index in [1.807, 2.05) is 11.0 Å². The first-order chi connectivity index (χ1) is 17.0. The van der Waals surface area contributed by atoms with E-state index in [1.54, 1.807) is 0 Å². The lowest BCUT2D eigenvalue weighted by atomic mass is 10.1. The molecule has 5 rings (SSSR count). The van der Waals surface area contributed by atoms with E-state index in [0.717, 1.165) is 58.1 Å². The Morgan fingerprint density at radius 1 is 0.800 bits per heavy atom. The number of ether oxygens (including phenoxy) is 1. The molecule has 0 atom stereocenters. The van der Waals surface area contributed by atoms with E-state index in [9.17, 15) is 4.79 Å². The summed E-state index contributed by atoms with van der Waals surface area (Å²) in [6, 6.07) is 19.2. The molecule has 1 amide bonds. The molecule has 0 unspecified atom stereocenters. The number of fused-ring (bicyclic) bond motifs is 1. The molecule has 184 valence electrons. The molecule has 3 aromatic rings. The minimum atomic E-state index is 0.0535. The van der Waals surface area contributed by atoms with E-state index in [-0.39, 0.29) is 12.5 Å². The van der Waals surface area contributed by atoms with E-state index >= 15 is 0 Å². The summed E-state index contributed by atoms with van der Waals surface area (Å²) < 4.78 is 6.00. The summed E-state index contributed by atoms with van der Waals surface area (Å²) >= 11 is 0. The summed E-state index contributed by atoms with van der Waals surface area (Å²) in [5.74, 6) is 0.805. The van der Waals surface area contributed by atoms with Gasteiger partial charge in [0.1, 0.15) is 5.75 Å². The van der Waals surface area contributed by atoms with Crippen LogP contribution in [0.3, 0.4) is 0 Å². The number of hydrogen-bond donors (Lipinski definition) is 0. The molecule has 6 nitrogen and oxygen atoms in total. The number of benzene rings is 3. The number of likely N-dealkylation sites (N-methyl/N-ethyl adjacent to an activating group) is 1. The molecule has 2 saturated heterocycles. The quantitative estimate of drug-likeness (QED) is 0.563. The topological polar surface area (TPSA) is 39.3 Å². The van der Waals surface area contributed by atoms with Crippen molar-refractivity contribution in [2.24, 2.45) is 0 Å². The second kappa shape index (κ2) is 10.2. The fourth-order valence-electron chi connectivity index (χ4n) is 5.24. The Labute approximate surface area is 208 Å². The van der Waals surface area contributed by atoms with E-state index in [2.05, 4.69) is 84.1 Å². The van der Waals surface area contributed by atoms with Gasteiger partial charge >= 0.3 is 0 Å². The third kappa shape index (κ3) is 5.22. The zero-order valence-electron chi connectivity index (χ0n) is 21.2. The molecule has 0 saturated carbocycles. The van der Waals surface area contributed by atoms with Crippen molar-refractivity contribution in [3.8, 4) is 5.75 Å². The van der Waals surface area contributed by atoms with Crippen LogP contribution in [0.4, 0.5) is 11.4 Å². The van der Waals surface area contributed by atoms with Gasteiger partial charge < -0.3 is 24.3 Å². The van der Waals surface area contributed by atoms with Gasteiger partial charge in [0.15, 0.2) is 6.61 Å². The maximum absolute atomic E-state index is 12.9. The molecular formula is C29H36N4O2. The third-order valence-corrected chi connectivity index (χ3v) is 7.36. The smallest absolute Gasteiger partial charge is 0.260 e. The predicted molar refractivity (Wildman–Crippen MR) is 144 cm³/mol.